The van der Waals surface area contributed by atoms with Gasteiger partial charge in [-0.15, -0.1) is 0 Å². The number of carboxylic acid groups (broad SMARTS) is 1. The van der Waals surface area contributed by atoms with Crippen molar-refractivity contribution in [1.82, 2.24) is 10.6 Å². The van der Waals surface area contributed by atoms with Crippen LogP contribution in [0, 0.1) is 0 Å². The van der Waals surface area contributed by atoms with Gasteiger partial charge in [0, 0.05) is 26.1 Å². The number of carbonyl (C=O) groups is 2. The minimum Gasteiger partial charge on any atom is -0.481 e. The molecule has 0 saturated carbocycles. The summed E-state index contributed by atoms with van der Waals surface area (Å²) in [5.41, 5.74) is 0. The zero-order valence-electron chi connectivity index (χ0n) is 10.9. The molecule has 18 heavy (non-hydrogen) atoms. The second-order valence-corrected chi connectivity index (χ2v) is 4.75. The topological polar surface area (TPSA) is 87.7 Å². The lowest BCUT2D eigenvalue weighted by Crippen LogP contribution is -2.44. The lowest BCUT2D eigenvalue weighted by Gasteiger charge is -2.16. The predicted octanol–water partition coefficient (Wildman–Crippen LogP) is 0.123. The maximum Gasteiger partial charge on any atom is 0.303 e. The van der Waals surface area contributed by atoms with Crippen molar-refractivity contribution in [2.45, 2.75) is 50.8 Å². The second kappa shape index (κ2) is 7.33. The number of nitrogens with one attached hydrogen (secondary N) is 2. The summed E-state index contributed by atoms with van der Waals surface area (Å²) in [5.74, 6) is -0.828. The number of aliphatic carboxylic acids is 1. The highest BCUT2D eigenvalue weighted by Gasteiger charge is 2.29. The van der Waals surface area contributed by atoms with Crippen LogP contribution in [0.5, 0.6) is 0 Å². The molecule has 0 bridgehead atoms. The van der Waals surface area contributed by atoms with Gasteiger partial charge >= 0.3 is 5.97 Å². The summed E-state index contributed by atoms with van der Waals surface area (Å²) >= 11 is 0. The van der Waals surface area contributed by atoms with Gasteiger partial charge < -0.3 is 20.5 Å². The molecule has 0 aliphatic carbocycles. The fourth-order valence-electron chi connectivity index (χ4n) is 2.06. The molecule has 3 unspecified atom stereocenters. The third kappa shape index (κ3) is 5.01. The second-order valence-electron chi connectivity index (χ2n) is 4.75. The van der Waals surface area contributed by atoms with E-state index in [1.54, 1.807) is 7.11 Å². The van der Waals surface area contributed by atoms with E-state index in [9.17, 15) is 9.59 Å². The molecule has 1 heterocycles. The van der Waals surface area contributed by atoms with Crippen LogP contribution in [0.2, 0.25) is 0 Å². The van der Waals surface area contributed by atoms with Gasteiger partial charge in [0.1, 0.15) is 0 Å². The SMILES string of the molecule is COC1CNC(C(=O)NC(C)CCCC(=O)O)C1. The maximum atomic E-state index is 11.9. The number of hydrogen-bond acceptors (Lipinski definition) is 4. The number of amides is 1. The Kier molecular flexibility index (Phi) is 6.07. The van der Waals surface area contributed by atoms with Crippen molar-refractivity contribution in [3.63, 3.8) is 0 Å². The Labute approximate surface area is 107 Å². The highest BCUT2D eigenvalue weighted by Crippen LogP contribution is 2.10. The zero-order valence-corrected chi connectivity index (χ0v) is 10.9. The molecular weight excluding hydrogens is 236 g/mol. The van der Waals surface area contributed by atoms with Gasteiger partial charge in [-0.3, -0.25) is 9.59 Å². The minimum atomic E-state index is -0.797. The highest BCUT2D eigenvalue weighted by atomic mass is 16.5. The van der Waals surface area contributed by atoms with Crippen molar-refractivity contribution in [2.75, 3.05) is 13.7 Å². The molecule has 1 amide bonds. The van der Waals surface area contributed by atoms with Gasteiger partial charge in [0.2, 0.25) is 5.91 Å². The Morgan fingerprint density at radius 1 is 1.56 bits per heavy atom. The van der Waals surface area contributed by atoms with Crippen LogP contribution in [0.4, 0.5) is 0 Å². The summed E-state index contributed by atoms with van der Waals surface area (Å²) in [7, 11) is 1.64. The van der Waals surface area contributed by atoms with Gasteiger partial charge in [0.15, 0.2) is 0 Å². The van der Waals surface area contributed by atoms with E-state index in [0.717, 1.165) is 0 Å². The maximum absolute atomic E-state index is 11.9. The van der Waals surface area contributed by atoms with Gasteiger partial charge in [-0.1, -0.05) is 0 Å². The molecule has 0 aromatic carbocycles. The van der Waals surface area contributed by atoms with Crippen LogP contribution in [0.15, 0.2) is 0 Å². The third-order valence-corrected chi connectivity index (χ3v) is 3.16. The van der Waals surface area contributed by atoms with E-state index in [1.165, 1.54) is 0 Å². The van der Waals surface area contributed by atoms with Crippen LogP contribution in [0.3, 0.4) is 0 Å². The molecule has 6 heteroatoms. The molecule has 3 atom stereocenters. The molecule has 1 saturated heterocycles. The molecular formula is C12H22N2O4. The number of ether oxygens (including phenoxy) is 1. The molecule has 1 fully saturated rings. The molecule has 0 aromatic rings. The number of rotatable bonds is 7. The fourth-order valence-corrected chi connectivity index (χ4v) is 2.06. The molecule has 0 spiro atoms. The van der Waals surface area contributed by atoms with Gasteiger partial charge in [-0.2, -0.15) is 0 Å². The first-order valence-corrected chi connectivity index (χ1v) is 6.31. The Morgan fingerprint density at radius 2 is 2.28 bits per heavy atom. The Hall–Kier alpha value is -1.14. The van der Waals surface area contributed by atoms with Crippen LogP contribution in [0.1, 0.15) is 32.6 Å². The van der Waals surface area contributed by atoms with E-state index < -0.39 is 5.97 Å². The first kappa shape index (κ1) is 14.9. The standard InChI is InChI=1S/C12H22N2O4/c1-8(4-3-5-11(15)16)14-12(17)10-6-9(18-2)7-13-10/h8-10,13H,3-7H2,1-2H3,(H,14,17)(H,15,16). The van der Waals surface area contributed by atoms with E-state index in [2.05, 4.69) is 10.6 Å². The summed E-state index contributed by atoms with van der Waals surface area (Å²) in [6, 6.07) is -0.197. The van der Waals surface area contributed by atoms with Crippen LogP contribution in [0.25, 0.3) is 0 Å². The van der Waals surface area contributed by atoms with E-state index >= 15 is 0 Å². The van der Waals surface area contributed by atoms with Gasteiger partial charge in [-0.05, 0) is 26.2 Å². The number of methoxy groups -OCH3 is 1. The monoisotopic (exact) mass is 258 g/mol. The molecule has 1 aliphatic rings. The average Bonchev–Trinajstić information content (AvgIpc) is 2.76. The first-order valence-electron chi connectivity index (χ1n) is 6.31. The quantitative estimate of drug-likeness (QED) is 0.604. The van der Waals surface area contributed by atoms with Crippen LogP contribution < -0.4 is 10.6 Å². The van der Waals surface area contributed by atoms with E-state index in [-0.39, 0.29) is 30.5 Å². The Morgan fingerprint density at radius 3 is 2.83 bits per heavy atom. The Balaban J connectivity index is 2.21. The molecule has 1 aliphatic heterocycles. The van der Waals surface area contributed by atoms with E-state index in [1.807, 2.05) is 6.92 Å². The first-order chi connectivity index (χ1) is 8.52. The van der Waals surface area contributed by atoms with Gasteiger partial charge in [-0.25, -0.2) is 0 Å². The lowest BCUT2D eigenvalue weighted by molar-refractivity contribution is -0.137. The van der Waals surface area contributed by atoms with Crippen LogP contribution in [-0.2, 0) is 14.3 Å². The molecule has 0 aromatic heterocycles. The average molecular weight is 258 g/mol. The summed E-state index contributed by atoms with van der Waals surface area (Å²) in [6.07, 6.45) is 2.19. The van der Waals surface area contributed by atoms with Crippen molar-refractivity contribution in [1.29, 1.82) is 0 Å². The number of carboxylic acids is 1. The summed E-state index contributed by atoms with van der Waals surface area (Å²) in [6.45, 7) is 2.59. The molecule has 0 radical (unpaired) electrons. The van der Waals surface area contributed by atoms with E-state index in [0.29, 0.717) is 25.8 Å². The van der Waals surface area contributed by atoms with Crippen molar-refractivity contribution in [3.8, 4) is 0 Å². The third-order valence-electron chi connectivity index (χ3n) is 3.16. The summed E-state index contributed by atoms with van der Waals surface area (Å²) in [5, 5.41) is 14.5. The van der Waals surface area contributed by atoms with E-state index in [4.69, 9.17) is 9.84 Å². The smallest absolute Gasteiger partial charge is 0.303 e. The normalized spacial score (nSPS) is 24.8. The Bertz CT molecular complexity index is 296. The zero-order chi connectivity index (χ0) is 13.5. The number of hydrogen-bond donors (Lipinski definition) is 3. The fraction of sp³-hybridized carbons (Fsp3) is 0.833. The predicted molar refractivity (Wildman–Crippen MR) is 66.3 cm³/mol. The lowest BCUT2D eigenvalue weighted by atomic mass is 10.1. The summed E-state index contributed by atoms with van der Waals surface area (Å²) < 4.78 is 5.18. The van der Waals surface area contributed by atoms with Gasteiger partial charge in [0.25, 0.3) is 0 Å². The highest BCUT2D eigenvalue weighted by molar-refractivity contribution is 5.82. The molecule has 1 rings (SSSR count). The molecule has 104 valence electrons. The summed E-state index contributed by atoms with van der Waals surface area (Å²) in [4.78, 5) is 22.2. The van der Waals surface area contributed by atoms with Crippen LogP contribution in [-0.4, -0.2) is 48.8 Å². The van der Waals surface area contributed by atoms with Crippen LogP contribution >= 0.6 is 0 Å². The molecule has 3 N–H and O–H groups in total. The van der Waals surface area contributed by atoms with Crippen molar-refractivity contribution >= 4 is 11.9 Å². The van der Waals surface area contributed by atoms with Crippen molar-refractivity contribution in [2.24, 2.45) is 0 Å². The molecule has 6 nitrogen and oxygen atoms in total. The minimum absolute atomic E-state index is 0.000227. The van der Waals surface area contributed by atoms with Gasteiger partial charge in [0.05, 0.1) is 12.1 Å². The van der Waals surface area contributed by atoms with Crippen molar-refractivity contribution < 1.29 is 19.4 Å². The number of carbonyl (C=O) groups excluding carboxylic acids is 1. The van der Waals surface area contributed by atoms with Crippen molar-refractivity contribution in [3.05, 3.63) is 0 Å². The largest absolute Gasteiger partial charge is 0.481 e.